The van der Waals surface area contributed by atoms with Crippen molar-refractivity contribution >= 4 is 29.0 Å². The number of aryl methyl sites for hydroxylation is 1. The van der Waals surface area contributed by atoms with Crippen molar-refractivity contribution in [3.8, 4) is 34.2 Å². The number of nitrogens with zero attached hydrogens (tertiary/aromatic N) is 3. The van der Waals surface area contributed by atoms with Crippen LogP contribution in [-0.2, 0) is 4.79 Å². The molecule has 1 atom stereocenters. The first kappa shape index (κ1) is 26.4. The molecular weight excluding hydrogens is 500 g/mol. The van der Waals surface area contributed by atoms with Crippen LogP contribution in [0.5, 0.6) is 5.75 Å². The van der Waals surface area contributed by atoms with Crippen LogP contribution in [0.25, 0.3) is 22.4 Å². The van der Waals surface area contributed by atoms with Crippen molar-refractivity contribution in [3.05, 3.63) is 100 Å². The van der Waals surface area contributed by atoms with Gasteiger partial charge in [0.1, 0.15) is 16.8 Å². The number of methoxy groups -OCH3 is 1. The zero-order valence-electron chi connectivity index (χ0n) is 21.0. The molecule has 1 aromatic heterocycles. The summed E-state index contributed by atoms with van der Waals surface area (Å²) in [5, 5.41) is 23.9. The summed E-state index contributed by atoms with van der Waals surface area (Å²) in [6, 6.07) is 25.7. The number of aromatic nitrogens is 1. The molecule has 190 valence electrons. The Hall–Kier alpha value is -4.68. The van der Waals surface area contributed by atoms with Gasteiger partial charge in [-0.25, -0.2) is 4.98 Å². The maximum absolute atomic E-state index is 13.0. The highest BCUT2D eigenvalue weighted by molar-refractivity contribution is 8.00. The Kier molecular flexibility index (Phi) is 8.04. The predicted octanol–water partition coefficient (Wildman–Crippen LogP) is 6.63. The summed E-state index contributed by atoms with van der Waals surface area (Å²) in [7, 11) is 1.59. The molecule has 0 radical (unpaired) electrons. The first-order valence-corrected chi connectivity index (χ1v) is 12.6. The minimum atomic E-state index is -0.648. The molecule has 0 aliphatic rings. The van der Waals surface area contributed by atoms with Crippen LogP contribution in [0, 0.1) is 28.4 Å². The van der Waals surface area contributed by atoms with Crippen LogP contribution in [0.2, 0.25) is 0 Å². The van der Waals surface area contributed by atoms with Crippen molar-refractivity contribution in [1.29, 1.82) is 5.26 Å². The lowest BCUT2D eigenvalue weighted by atomic mass is 9.99. The fourth-order valence-electron chi connectivity index (χ4n) is 3.82. The number of ether oxygens (including phenoxy) is 1. The highest BCUT2D eigenvalue weighted by Crippen LogP contribution is 2.36. The van der Waals surface area contributed by atoms with Crippen LogP contribution in [0.4, 0.5) is 11.4 Å². The third-order valence-electron chi connectivity index (χ3n) is 5.90. The van der Waals surface area contributed by atoms with Crippen molar-refractivity contribution in [2.24, 2.45) is 0 Å². The molecule has 3 aromatic carbocycles. The second-order valence-electron chi connectivity index (χ2n) is 8.45. The van der Waals surface area contributed by atoms with E-state index in [2.05, 4.69) is 11.4 Å². The lowest BCUT2D eigenvalue weighted by Crippen LogP contribution is -2.22. The van der Waals surface area contributed by atoms with Crippen molar-refractivity contribution in [2.75, 3.05) is 12.4 Å². The first-order chi connectivity index (χ1) is 18.3. The number of nitro groups is 1. The lowest BCUT2D eigenvalue weighted by Gasteiger charge is -2.16. The van der Waals surface area contributed by atoms with E-state index in [0.717, 1.165) is 22.9 Å². The number of nitro benzene ring substituents is 1. The van der Waals surface area contributed by atoms with E-state index < -0.39 is 10.2 Å². The van der Waals surface area contributed by atoms with E-state index in [-0.39, 0.29) is 11.6 Å². The molecule has 4 rings (SSSR count). The molecule has 1 unspecified atom stereocenters. The number of nitrogens with one attached hydrogen (secondary N) is 1. The van der Waals surface area contributed by atoms with E-state index in [1.165, 1.54) is 6.07 Å². The number of amides is 1. The normalized spacial score (nSPS) is 11.3. The second-order valence-corrected chi connectivity index (χ2v) is 9.78. The molecule has 38 heavy (non-hydrogen) atoms. The molecule has 1 heterocycles. The second kappa shape index (κ2) is 11.6. The molecule has 0 fully saturated rings. The van der Waals surface area contributed by atoms with Gasteiger partial charge in [0.25, 0.3) is 5.69 Å². The van der Waals surface area contributed by atoms with Crippen molar-refractivity contribution in [3.63, 3.8) is 0 Å². The zero-order chi connectivity index (χ0) is 27.2. The van der Waals surface area contributed by atoms with Gasteiger partial charge in [-0.05, 0) is 43.7 Å². The van der Waals surface area contributed by atoms with Crippen LogP contribution in [0.1, 0.15) is 18.1 Å². The molecule has 0 aliphatic carbocycles. The van der Waals surface area contributed by atoms with Gasteiger partial charge in [0.15, 0.2) is 0 Å². The number of anilines is 1. The number of carbonyl (C=O) groups excluding carboxylic acids is 1. The minimum absolute atomic E-state index is 0.0729. The Morgan fingerprint density at radius 3 is 2.42 bits per heavy atom. The Labute approximate surface area is 224 Å². The number of thioether (sulfide) groups is 1. The molecule has 0 aliphatic heterocycles. The summed E-state index contributed by atoms with van der Waals surface area (Å²) >= 11 is 1.16. The Bertz CT molecular complexity index is 1530. The van der Waals surface area contributed by atoms with Crippen molar-refractivity contribution < 1.29 is 14.5 Å². The molecule has 8 nitrogen and oxygen atoms in total. The summed E-state index contributed by atoms with van der Waals surface area (Å²) in [6.45, 7) is 3.34. The smallest absolute Gasteiger partial charge is 0.274 e. The third kappa shape index (κ3) is 5.82. The SMILES string of the molecule is COc1ccc(-c2cc(-c3ccccc3)nc(SC(C)C(=O)Nc3ccc(C)c([N+](=O)[O-])c3)c2C#N)cc1. The Morgan fingerprint density at radius 1 is 1.08 bits per heavy atom. The van der Waals surface area contributed by atoms with Gasteiger partial charge in [-0.2, -0.15) is 5.26 Å². The van der Waals surface area contributed by atoms with Gasteiger partial charge in [0.05, 0.1) is 28.5 Å². The average Bonchev–Trinajstić information content (AvgIpc) is 2.94. The maximum Gasteiger partial charge on any atom is 0.274 e. The van der Waals surface area contributed by atoms with Crippen LogP contribution >= 0.6 is 11.8 Å². The fourth-order valence-corrected chi connectivity index (χ4v) is 4.74. The average molecular weight is 525 g/mol. The topological polar surface area (TPSA) is 118 Å². The van der Waals surface area contributed by atoms with E-state index in [1.54, 1.807) is 33.1 Å². The number of nitriles is 1. The highest BCUT2D eigenvalue weighted by Gasteiger charge is 2.22. The van der Waals surface area contributed by atoms with E-state index in [4.69, 9.17) is 9.72 Å². The van der Waals surface area contributed by atoms with Gasteiger partial charge in [-0.1, -0.05) is 60.3 Å². The molecule has 1 amide bonds. The van der Waals surface area contributed by atoms with E-state index in [9.17, 15) is 20.2 Å². The zero-order valence-corrected chi connectivity index (χ0v) is 21.8. The molecule has 0 saturated heterocycles. The molecule has 0 saturated carbocycles. The van der Waals surface area contributed by atoms with Crippen molar-refractivity contribution in [2.45, 2.75) is 24.1 Å². The standard InChI is InChI=1S/C29H24N4O4S/c1-18-9-12-22(15-27(18)33(35)36)31-28(34)19(2)38-29-25(17-30)24(20-10-13-23(37-3)14-11-20)16-26(32-29)21-7-5-4-6-8-21/h4-16,19H,1-3H3,(H,31,34). The maximum atomic E-state index is 13.0. The van der Waals surface area contributed by atoms with Crippen LogP contribution in [-0.4, -0.2) is 28.2 Å². The highest BCUT2D eigenvalue weighted by atomic mass is 32.2. The molecule has 0 spiro atoms. The summed E-state index contributed by atoms with van der Waals surface area (Å²) in [4.78, 5) is 28.6. The number of pyridine rings is 1. The van der Waals surface area contributed by atoms with Gasteiger partial charge in [-0.3, -0.25) is 14.9 Å². The molecule has 4 aromatic rings. The van der Waals surface area contributed by atoms with E-state index in [1.807, 2.05) is 60.7 Å². The minimum Gasteiger partial charge on any atom is -0.497 e. The number of benzene rings is 3. The summed E-state index contributed by atoms with van der Waals surface area (Å²) in [6.07, 6.45) is 0. The van der Waals surface area contributed by atoms with Gasteiger partial charge in [0.2, 0.25) is 5.91 Å². The van der Waals surface area contributed by atoms with E-state index >= 15 is 0 Å². The van der Waals surface area contributed by atoms with Gasteiger partial charge >= 0.3 is 0 Å². The molecule has 0 bridgehead atoms. The largest absolute Gasteiger partial charge is 0.497 e. The van der Waals surface area contributed by atoms with E-state index in [0.29, 0.717) is 38.8 Å². The quantitative estimate of drug-likeness (QED) is 0.156. The summed E-state index contributed by atoms with van der Waals surface area (Å²) < 4.78 is 5.27. The fraction of sp³-hybridized carbons (Fsp3) is 0.138. The van der Waals surface area contributed by atoms with Gasteiger partial charge in [0, 0.05) is 28.4 Å². The Morgan fingerprint density at radius 2 is 1.79 bits per heavy atom. The third-order valence-corrected chi connectivity index (χ3v) is 6.99. The van der Waals surface area contributed by atoms with Crippen molar-refractivity contribution in [1.82, 2.24) is 4.98 Å². The first-order valence-electron chi connectivity index (χ1n) is 11.7. The number of rotatable bonds is 8. The molecule has 1 N–H and O–H groups in total. The number of carbonyl (C=O) groups is 1. The lowest BCUT2D eigenvalue weighted by molar-refractivity contribution is -0.385. The summed E-state index contributed by atoms with van der Waals surface area (Å²) in [5.74, 6) is 0.329. The summed E-state index contributed by atoms with van der Waals surface area (Å²) in [5.41, 5.74) is 4.15. The Balaban J connectivity index is 1.70. The monoisotopic (exact) mass is 524 g/mol. The van der Waals surface area contributed by atoms with Gasteiger partial charge in [-0.15, -0.1) is 0 Å². The predicted molar refractivity (Wildman–Crippen MR) is 148 cm³/mol. The van der Waals surface area contributed by atoms with Gasteiger partial charge < -0.3 is 10.1 Å². The molecule has 9 heteroatoms. The van der Waals surface area contributed by atoms with Crippen LogP contribution < -0.4 is 10.1 Å². The number of hydrogen-bond acceptors (Lipinski definition) is 7. The number of hydrogen-bond donors (Lipinski definition) is 1. The molecular formula is C29H24N4O4S. The van der Waals surface area contributed by atoms with Crippen LogP contribution in [0.3, 0.4) is 0 Å². The van der Waals surface area contributed by atoms with Crippen LogP contribution in [0.15, 0.2) is 83.9 Å².